The molecule has 0 aliphatic rings. The first-order chi connectivity index (χ1) is 6.38. The summed E-state index contributed by atoms with van der Waals surface area (Å²) in [4.78, 5) is 3.93. The average molecular weight is 191 g/mol. The van der Waals surface area contributed by atoms with Gasteiger partial charge in [0.1, 0.15) is 11.5 Å². The molecule has 0 unspecified atom stereocenters. The summed E-state index contributed by atoms with van der Waals surface area (Å²) in [5.74, 6) is 5.70. The minimum absolute atomic E-state index is 0.0531. The Balaban J connectivity index is 3.02. The molecule has 14 heavy (non-hydrogen) atoms. The van der Waals surface area contributed by atoms with Crippen molar-refractivity contribution in [1.29, 1.82) is 0 Å². The van der Waals surface area contributed by atoms with Gasteiger partial charge < -0.3 is 0 Å². The predicted molar refractivity (Wildman–Crippen MR) is 55.3 cm³/mol. The van der Waals surface area contributed by atoms with E-state index >= 15 is 0 Å². The maximum atomic E-state index is 12.7. The summed E-state index contributed by atoms with van der Waals surface area (Å²) in [7, 11) is 0. The van der Waals surface area contributed by atoms with Gasteiger partial charge in [0.2, 0.25) is 0 Å². The topological polar surface area (TPSA) is 12.9 Å². The third-order valence-electron chi connectivity index (χ3n) is 1.60. The molecule has 0 saturated carbocycles. The van der Waals surface area contributed by atoms with E-state index in [1.54, 1.807) is 0 Å². The molecule has 1 aromatic heterocycles. The van der Waals surface area contributed by atoms with Gasteiger partial charge in [0.15, 0.2) is 0 Å². The molecule has 0 fully saturated rings. The smallest absolute Gasteiger partial charge is 0.141 e. The van der Waals surface area contributed by atoms with E-state index in [0.29, 0.717) is 5.69 Å². The minimum Gasteiger partial charge on any atom is -0.244 e. The van der Waals surface area contributed by atoms with Gasteiger partial charge in [-0.15, -0.1) is 0 Å². The van der Waals surface area contributed by atoms with E-state index in [9.17, 15) is 4.39 Å². The van der Waals surface area contributed by atoms with Gasteiger partial charge in [-0.1, -0.05) is 5.92 Å². The molecular weight excluding hydrogens is 177 g/mol. The van der Waals surface area contributed by atoms with Crippen LogP contribution in [0.15, 0.2) is 12.3 Å². The second kappa shape index (κ2) is 3.79. The van der Waals surface area contributed by atoms with Crippen LogP contribution in [-0.2, 0) is 0 Å². The molecule has 1 rings (SSSR count). The molecule has 1 aromatic rings. The maximum absolute atomic E-state index is 12.7. The van der Waals surface area contributed by atoms with Crippen LogP contribution >= 0.6 is 0 Å². The van der Waals surface area contributed by atoms with Crippen molar-refractivity contribution in [2.45, 2.75) is 27.7 Å². The average Bonchev–Trinajstić information content (AvgIpc) is 2.00. The molecule has 74 valence electrons. The molecule has 0 aliphatic carbocycles. The Hall–Kier alpha value is -1.36. The van der Waals surface area contributed by atoms with Gasteiger partial charge >= 0.3 is 0 Å². The van der Waals surface area contributed by atoms with E-state index in [1.165, 1.54) is 12.3 Å². The summed E-state index contributed by atoms with van der Waals surface area (Å²) >= 11 is 0. The van der Waals surface area contributed by atoms with Crippen molar-refractivity contribution in [1.82, 2.24) is 4.98 Å². The Kier molecular flexibility index (Phi) is 2.90. The van der Waals surface area contributed by atoms with Crippen LogP contribution in [0.5, 0.6) is 0 Å². The summed E-state index contributed by atoms with van der Waals surface area (Å²) < 4.78 is 12.7. The lowest BCUT2D eigenvalue weighted by atomic mass is 9.97. The van der Waals surface area contributed by atoms with Crippen molar-refractivity contribution in [2.24, 2.45) is 5.41 Å². The lowest BCUT2D eigenvalue weighted by Crippen LogP contribution is -2.00. The Morgan fingerprint density at radius 1 is 1.36 bits per heavy atom. The number of hydrogen-bond acceptors (Lipinski definition) is 1. The zero-order chi connectivity index (χ0) is 10.8. The Morgan fingerprint density at radius 3 is 2.50 bits per heavy atom. The van der Waals surface area contributed by atoms with Crippen LogP contribution in [-0.4, -0.2) is 4.98 Å². The van der Waals surface area contributed by atoms with Crippen molar-refractivity contribution in [2.75, 3.05) is 0 Å². The molecule has 0 radical (unpaired) electrons. The zero-order valence-electron chi connectivity index (χ0n) is 8.98. The predicted octanol–water partition coefficient (Wildman–Crippen LogP) is 2.93. The van der Waals surface area contributed by atoms with Crippen LogP contribution < -0.4 is 0 Å². The number of nitrogens with zero attached hydrogens (tertiary/aromatic N) is 1. The van der Waals surface area contributed by atoms with Gasteiger partial charge in [-0.2, -0.15) is 0 Å². The Bertz CT molecular complexity index is 391. The Morgan fingerprint density at radius 2 is 2.00 bits per heavy atom. The van der Waals surface area contributed by atoms with Crippen LogP contribution in [0, 0.1) is 30.0 Å². The van der Waals surface area contributed by atoms with Crippen molar-refractivity contribution < 1.29 is 4.39 Å². The second-order valence-corrected chi connectivity index (χ2v) is 4.32. The number of hydrogen-bond donors (Lipinski definition) is 0. The maximum Gasteiger partial charge on any atom is 0.141 e. The molecule has 0 aliphatic heterocycles. The van der Waals surface area contributed by atoms with Crippen LogP contribution in [0.25, 0.3) is 0 Å². The van der Waals surface area contributed by atoms with E-state index in [-0.39, 0.29) is 11.2 Å². The third kappa shape index (κ3) is 3.18. The van der Waals surface area contributed by atoms with Gasteiger partial charge in [0, 0.05) is 5.41 Å². The summed E-state index contributed by atoms with van der Waals surface area (Å²) in [6.45, 7) is 7.89. The molecule has 0 amide bonds. The molecule has 1 heterocycles. The molecule has 0 atom stereocenters. The molecule has 0 bridgehead atoms. The summed E-state index contributed by atoms with van der Waals surface area (Å²) in [6.07, 6.45) is 1.19. The lowest BCUT2D eigenvalue weighted by Gasteiger charge is -2.06. The SMILES string of the molecule is Cc1cc(F)cnc1C#CC(C)(C)C. The van der Waals surface area contributed by atoms with Crippen LogP contribution in [0.2, 0.25) is 0 Å². The van der Waals surface area contributed by atoms with Gasteiger partial charge in [0.25, 0.3) is 0 Å². The number of pyridine rings is 1. The fourth-order valence-corrected chi connectivity index (χ4v) is 0.918. The zero-order valence-corrected chi connectivity index (χ0v) is 8.98. The molecule has 2 heteroatoms. The van der Waals surface area contributed by atoms with Crippen LogP contribution in [0.4, 0.5) is 4.39 Å². The fraction of sp³-hybridized carbons (Fsp3) is 0.417. The number of halogens is 1. The number of rotatable bonds is 0. The van der Waals surface area contributed by atoms with E-state index in [0.717, 1.165) is 5.56 Å². The highest BCUT2D eigenvalue weighted by molar-refractivity contribution is 5.35. The number of aryl methyl sites for hydroxylation is 1. The lowest BCUT2D eigenvalue weighted by molar-refractivity contribution is 0.571. The van der Waals surface area contributed by atoms with Crippen LogP contribution in [0.3, 0.4) is 0 Å². The minimum atomic E-state index is -0.316. The Labute approximate surface area is 84.4 Å². The number of aromatic nitrogens is 1. The second-order valence-electron chi connectivity index (χ2n) is 4.32. The molecular formula is C12H14FN. The van der Waals surface area contributed by atoms with Crippen molar-refractivity contribution in [3.8, 4) is 11.8 Å². The van der Waals surface area contributed by atoms with E-state index in [2.05, 4.69) is 16.8 Å². The first-order valence-electron chi connectivity index (χ1n) is 4.54. The standard InChI is InChI=1S/C12H14FN/c1-9-7-10(13)8-14-11(9)5-6-12(2,3)4/h7-8H,1-4H3. The first kappa shape index (κ1) is 10.7. The third-order valence-corrected chi connectivity index (χ3v) is 1.60. The normalized spacial score (nSPS) is 10.6. The largest absolute Gasteiger partial charge is 0.244 e. The highest BCUT2D eigenvalue weighted by Crippen LogP contribution is 2.11. The fourth-order valence-electron chi connectivity index (χ4n) is 0.918. The summed E-state index contributed by atoms with van der Waals surface area (Å²) in [5.41, 5.74) is 1.38. The highest BCUT2D eigenvalue weighted by atomic mass is 19.1. The molecule has 0 spiro atoms. The monoisotopic (exact) mass is 191 g/mol. The van der Waals surface area contributed by atoms with Crippen molar-refractivity contribution in [3.05, 3.63) is 29.3 Å². The van der Waals surface area contributed by atoms with Gasteiger partial charge in [-0.05, 0) is 45.2 Å². The molecule has 0 aromatic carbocycles. The van der Waals surface area contributed by atoms with E-state index in [4.69, 9.17) is 0 Å². The molecule has 0 saturated heterocycles. The molecule has 1 nitrogen and oxygen atoms in total. The van der Waals surface area contributed by atoms with Gasteiger partial charge in [-0.3, -0.25) is 0 Å². The van der Waals surface area contributed by atoms with E-state index in [1.807, 2.05) is 27.7 Å². The first-order valence-corrected chi connectivity index (χ1v) is 4.54. The van der Waals surface area contributed by atoms with Crippen molar-refractivity contribution >= 4 is 0 Å². The van der Waals surface area contributed by atoms with Gasteiger partial charge in [-0.25, -0.2) is 9.37 Å². The van der Waals surface area contributed by atoms with Gasteiger partial charge in [0.05, 0.1) is 6.20 Å². The highest BCUT2D eigenvalue weighted by Gasteiger charge is 2.04. The van der Waals surface area contributed by atoms with Crippen LogP contribution in [0.1, 0.15) is 32.0 Å². The summed E-state index contributed by atoms with van der Waals surface area (Å²) in [5, 5.41) is 0. The molecule has 0 N–H and O–H groups in total. The van der Waals surface area contributed by atoms with E-state index < -0.39 is 0 Å². The quantitative estimate of drug-likeness (QED) is 0.574. The summed E-state index contributed by atoms with van der Waals surface area (Å²) in [6, 6.07) is 1.44. The van der Waals surface area contributed by atoms with Crippen molar-refractivity contribution in [3.63, 3.8) is 0 Å².